The van der Waals surface area contributed by atoms with Crippen LogP contribution in [0, 0.1) is 6.92 Å². The molecule has 3 heteroatoms. The summed E-state index contributed by atoms with van der Waals surface area (Å²) in [5.41, 5.74) is 1.08. The molecule has 1 atom stereocenters. The first-order chi connectivity index (χ1) is 8.15. The Hall–Kier alpha value is -0.0500. The van der Waals surface area contributed by atoms with Crippen LogP contribution in [0.2, 0.25) is 4.34 Å². The number of thiophene rings is 1. The monoisotopic (exact) mass is 274 g/mol. The fourth-order valence-corrected chi connectivity index (χ4v) is 3.15. The van der Waals surface area contributed by atoms with Gasteiger partial charge in [0, 0.05) is 4.88 Å². The smallest absolute Gasteiger partial charge is 0.0961 e. The van der Waals surface area contributed by atoms with E-state index in [4.69, 9.17) is 11.6 Å². The molecule has 1 aromatic heterocycles. The molecular formula is C14H23ClOS. The van der Waals surface area contributed by atoms with E-state index in [-0.39, 0.29) is 6.10 Å². The van der Waals surface area contributed by atoms with Gasteiger partial charge in [0.1, 0.15) is 0 Å². The van der Waals surface area contributed by atoms with Crippen LogP contribution in [0.15, 0.2) is 6.07 Å². The van der Waals surface area contributed by atoms with Crippen LogP contribution >= 0.6 is 22.9 Å². The van der Waals surface area contributed by atoms with Gasteiger partial charge in [0.05, 0.1) is 10.4 Å². The van der Waals surface area contributed by atoms with Crippen molar-refractivity contribution in [2.45, 2.75) is 64.9 Å². The lowest BCUT2D eigenvalue weighted by Crippen LogP contribution is -1.94. The molecule has 0 spiro atoms. The SMILES string of the molecule is CCCCCCCCC(O)c1cc(C)c(Cl)s1. The molecule has 1 aromatic rings. The number of halogens is 1. The Morgan fingerprint density at radius 2 is 1.88 bits per heavy atom. The van der Waals surface area contributed by atoms with Crippen molar-refractivity contribution in [2.24, 2.45) is 0 Å². The zero-order chi connectivity index (χ0) is 12.7. The second-order valence-electron chi connectivity index (χ2n) is 4.68. The third-order valence-electron chi connectivity index (χ3n) is 3.04. The van der Waals surface area contributed by atoms with Gasteiger partial charge < -0.3 is 5.11 Å². The molecule has 0 saturated heterocycles. The van der Waals surface area contributed by atoms with Crippen LogP contribution in [0.25, 0.3) is 0 Å². The van der Waals surface area contributed by atoms with Crippen molar-refractivity contribution >= 4 is 22.9 Å². The minimum Gasteiger partial charge on any atom is -0.388 e. The van der Waals surface area contributed by atoms with Crippen molar-refractivity contribution in [1.82, 2.24) is 0 Å². The van der Waals surface area contributed by atoms with Gasteiger partial charge in [-0.1, -0.05) is 57.0 Å². The van der Waals surface area contributed by atoms with E-state index in [1.807, 2.05) is 13.0 Å². The van der Waals surface area contributed by atoms with Crippen molar-refractivity contribution in [1.29, 1.82) is 0 Å². The van der Waals surface area contributed by atoms with Crippen LogP contribution in [-0.4, -0.2) is 5.11 Å². The highest BCUT2D eigenvalue weighted by molar-refractivity contribution is 7.16. The maximum Gasteiger partial charge on any atom is 0.0961 e. The number of rotatable bonds is 8. The number of unbranched alkanes of at least 4 members (excludes halogenated alkanes) is 5. The molecule has 1 nitrogen and oxygen atoms in total. The maximum atomic E-state index is 10.0. The first-order valence-corrected chi connectivity index (χ1v) is 7.78. The molecule has 98 valence electrons. The molecule has 0 aliphatic carbocycles. The largest absolute Gasteiger partial charge is 0.388 e. The van der Waals surface area contributed by atoms with Gasteiger partial charge in [0.25, 0.3) is 0 Å². The van der Waals surface area contributed by atoms with Crippen molar-refractivity contribution in [2.75, 3.05) is 0 Å². The van der Waals surface area contributed by atoms with Crippen molar-refractivity contribution < 1.29 is 5.11 Å². The molecule has 1 unspecified atom stereocenters. The highest BCUT2D eigenvalue weighted by Crippen LogP contribution is 2.33. The molecule has 17 heavy (non-hydrogen) atoms. The topological polar surface area (TPSA) is 20.2 Å². The standard InChI is InChI=1S/C14H23ClOS/c1-3-4-5-6-7-8-9-12(16)13-10-11(2)14(15)17-13/h10,12,16H,3-9H2,1-2H3. The van der Waals surface area contributed by atoms with E-state index in [0.29, 0.717) is 0 Å². The van der Waals surface area contributed by atoms with E-state index in [0.717, 1.165) is 27.6 Å². The summed E-state index contributed by atoms with van der Waals surface area (Å²) >= 11 is 7.51. The fourth-order valence-electron chi connectivity index (χ4n) is 1.91. The first kappa shape index (κ1) is 15.0. The Balaban J connectivity index is 2.19. The van der Waals surface area contributed by atoms with Gasteiger partial charge in [0.15, 0.2) is 0 Å². The van der Waals surface area contributed by atoms with Gasteiger partial charge in [-0.3, -0.25) is 0 Å². The van der Waals surface area contributed by atoms with Gasteiger partial charge in [-0.15, -0.1) is 11.3 Å². The summed E-state index contributed by atoms with van der Waals surface area (Å²) < 4.78 is 0.807. The molecule has 0 bridgehead atoms. The predicted molar refractivity (Wildman–Crippen MR) is 77.0 cm³/mol. The number of aryl methyl sites for hydroxylation is 1. The molecule has 0 aliphatic heterocycles. The van der Waals surface area contributed by atoms with Crippen LogP contribution in [0.4, 0.5) is 0 Å². The Bertz CT molecular complexity index is 303. The quantitative estimate of drug-likeness (QED) is 0.621. The Morgan fingerprint density at radius 1 is 1.24 bits per heavy atom. The Kier molecular flexibility index (Phi) is 7.17. The summed E-state index contributed by atoms with van der Waals surface area (Å²) in [6.07, 6.45) is 8.13. The Morgan fingerprint density at radius 3 is 2.47 bits per heavy atom. The average Bonchev–Trinajstić information content (AvgIpc) is 2.64. The molecule has 0 fully saturated rings. The van der Waals surface area contributed by atoms with Crippen molar-refractivity contribution in [3.8, 4) is 0 Å². The number of aliphatic hydroxyl groups is 1. The summed E-state index contributed by atoms with van der Waals surface area (Å²) in [6, 6.07) is 2.01. The lowest BCUT2D eigenvalue weighted by atomic mass is 10.1. The molecule has 1 N–H and O–H groups in total. The summed E-state index contributed by atoms with van der Waals surface area (Å²) in [5, 5.41) is 10.0. The number of hydrogen-bond acceptors (Lipinski definition) is 2. The molecule has 1 rings (SSSR count). The second-order valence-corrected chi connectivity index (χ2v) is 6.36. The van der Waals surface area contributed by atoms with Crippen LogP contribution < -0.4 is 0 Å². The molecule has 0 aliphatic rings. The van der Waals surface area contributed by atoms with Gasteiger partial charge in [-0.2, -0.15) is 0 Å². The first-order valence-electron chi connectivity index (χ1n) is 6.59. The number of aliphatic hydroxyl groups excluding tert-OH is 1. The van der Waals surface area contributed by atoms with Crippen LogP contribution in [0.3, 0.4) is 0 Å². The molecular weight excluding hydrogens is 252 g/mol. The van der Waals surface area contributed by atoms with E-state index in [1.165, 1.54) is 43.4 Å². The van der Waals surface area contributed by atoms with E-state index < -0.39 is 0 Å². The van der Waals surface area contributed by atoms with Crippen LogP contribution in [-0.2, 0) is 0 Å². The lowest BCUT2D eigenvalue weighted by molar-refractivity contribution is 0.167. The zero-order valence-electron chi connectivity index (χ0n) is 10.8. The Labute approximate surface area is 114 Å². The third-order valence-corrected chi connectivity index (χ3v) is 4.69. The molecule has 0 saturated carbocycles. The summed E-state index contributed by atoms with van der Waals surface area (Å²) in [5.74, 6) is 0. The van der Waals surface area contributed by atoms with E-state index >= 15 is 0 Å². The van der Waals surface area contributed by atoms with E-state index in [9.17, 15) is 5.11 Å². The predicted octanol–water partition coefficient (Wildman–Crippen LogP) is 5.49. The third kappa shape index (κ3) is 5.41. The summed E-state index contributed by atoms with van der Waals surface area (Å²) in [6.45, 7) is 4.21. The summed E-state index contributed by atoms with van der Waals surface area (Å²) in [4.78, 5) is 1.01. The fraction of sp³-hybridized carbons (Fsp3) is 0.714. The second kappa shape index (κ2) is 8.12. The van der Waals surface area contributed by atoms with Gasteiger partial charge in [0.2, 0.25) is 0 Å². The number of hydrogen-bond donors (Lipinski definition) is 1. The minimum absolute atomic E-state index is 0.322. The van der Waals surface area contributed by atoms with Gasteiger partial charge in [-0.25, -0.2) is 0 Å². The van der Waals surface area contributed by atoms with Crippen molar-refractivity contribution in [3.63, 3.8) is 0 Å². The van der Waals surface area contributed by atoms with E-state index in [2.05, 4.69) is 6.92 Å². The van der Waals surface area contributed by atoms with Gasteiger partial charge >= 0.3 is 0 Å². The van der Waals surface area contributed by atoms with Crippen LogP contribution in [0.5, 0.6) is 0 Å². The molecule has 1 heterocycles. The minimum atomic E-state index is -0.322. The zero-order valence-corrected chi connectivity index (χ0v) is 12.4. The summed E-state index contributed by atoms with van der Waals surface area (Å²) in [7, 11) is 0. The molecule has 0 aromatic carbocycles. The van der Waals surface area contributed by atoms with E-state index in [1.54, 1.807) is 0 Å². The van der Waals surface area contributed by atoms with Crippen molar-refractivity contribution in [3.05, 3.63) is 20.8 Å². The van der Waals surface area contributed by atoms with Gasteiger partial charge in [-0.05, 0) is 25.0 Å². The van der Waals surface area contributed by atoms with Crippen LogP contribution in [0.1, 0.15) is 68.4 Å². The highest BCUT2D eigenvalue weighted by Gasteiger charge is 2.11. The highest BCUT2D eigenvalue weighted by atomic mass is 35.5. The normalized spacial score (nSPS) is 12.9. The lowest BCUT2D eigenvalue weighted by Gasteiger charge is -2.07. The molecule has 0 radical (unpaired) electrons. The molecule has 0 amide bonds. The maximum absolute atomic E-state index is 10.0. The average molecular weight is 275 g/mol.